The van der Waals surface area contributed by atoms with Gasteiger partial charge < -0.3 is 24.4 Å². The topological polar surface area (TPSA) is 78.4 Å². The van der Waals surface area contributed by atoms with Crippen LogP contribution in [0.15, 0.2) is 71.9 Å². The van der Waals surface area contributed by atoms with Crippen LogP contribution in [0.3, 0.4) is 0 Å². The molecule has 32 heavy (non-hydrogen) atoms. The van der Waals surface area contributed by atoms with Crippen LogP contribution in [0.25, 0.3) is 0 Å². The lowest BCUT2D eigenvalue weighted by atomic mass is 10.2. The third kappa shape index (κ3) is 6.65. The summed E-state index contributed by atoms with van der Waals surface area (Å²) < 4.78 is 16.3. The molecular formula is C24H23ClN2O5. The summed E-state index contributed by atoms with van der Waals surface area (Å²) in [5, 5.41) is 6.91. The van der Waals surface area contributed by atoms with Crippen LogP contribution in [0.4, 0.5) is 5.69 Å². The molecule has 3 aromatic rings. The molecule has 0 atom stereocenters. The van der Waals surface area contributed by atoms with Crippen LogP contribution in [-0.4, -0.2) is 32.9 Å². The second kappa shape index (κ2) is 11.6. The molecule has 7 nitrogen and oxygen atoms in total. The highest BCUT2D eigenvalue weighted by molar-refractivity contribution is 6.32. The van der Waals surface area contributed by atoms with E-state index in [9.17, 15) is 4.79 Å². The Kier molecular flexibility index (Phi) is 8.34. The van der Waals surface area contributed by atoms with Crippen LogP contribution in [0, 0.1) is 0 Å². The maximum atomic E-state index is 12.0. The van der Waals surface area contributed by atoms with Gasteiger partial charge in [0, 0.05) is 11.3 Å². The predicted octanol–water partition coefficient (Wildman–Crippen LogP) is 4.93. The molecule has 0 bridgehead atoms. The fourth-order valence-electron chi connectivity index (χ4n) is 2.75. The van der Waals surface area contributed by atoms with Crippen molar-refractivity contribution in [1.29, 1.82) is 0 Å². The highest BCUT2D eigenvalue weighted by Gasteiger charge is 2.07. The Morgan fingerprint density at radius 2 is 1.72 bits per heavy atom. The number of carbonyl (C=O) groups excluding carboxylic acids is 1. The molecule has 3 rings (SSSR count). The van der Waals surface area contributed by atoms with Crippen LogP contribution in [0.2, 0.25) is 5.02 Å². The van der Waals surface area contributed by atoms with Crippen molar-refractivity contribution in [2.45, 2.75) is 6.61 Å². The van der Waals surface area contributed by atoms with Crippen LogP contribution < -0.4 is 19.5 Å². The van der Waals surface area contributed by atoms with Crippen molar-refractivity contribution in [2.75, 3.05) is 26.1 Å². The molecule has 0 radical (unpaired) electrons. The minimum atomic E-state index is -0.370. The number of anilines is 1. The number of nitrogens with zero attached hydrogens (tertiary/aromatic N) is 1. The summed E-state index contributed by atoms with van der Waals surface area (Å²) in [6.07, 6.45) is 1.49. The molecule has 166 valence electrons. The van der Waals surface area contributed by atoms with Gasteiger partial charge >= 0.3 is 0 Å². The first-order valence-corrected chi connectivity index (χ1v) is 10.1. The van der Waals surface area contributed by atoms with Gasteiger partial charge in [0.2, 0.25) is 0 Å². The quantitative estimate of drug-likeness (QED) is 0.347. The Bertz CT molecular complexity index is 1070. The minimum Gasteiger partial charge on any atom is -0.495 e. The average molecular weight is 455 g/mol. The van der Waals surface area contributed by atoms with Crippen molar-refractivity contribution in [3.05, 3.63) is 82.9 Å². The molecule has 0 saturated carbocycles. The standard InChI is InChI=1S/C24H23ClN2O5/c1-29-21-11-9-19(13-20(21)25)27-24(28)16-32-26-14-18-8-10-22(23(12-18)30-2)31-15-17-6-4-3-5-7-17/h3-14H,15-16H2,1-2H3,(H,27,28)/b26-14+. The van der Waals surface area contributed by atoms with E-state index in [-0.39, 0.29) is 12.5 Å². The minimum absolute atomic E-state index is 0.254. The van der Waals surface area contributed by atoms with Crippen LogP contribution in [-0.2, 0) is 16.2 Å². The Balaban J connectivity index is 1.50. The smallest absolute Gasteiger partial charge is 0.265 e. The SMILES string of the molecule is COc1ccc(NC(=O)CO/N=C/c2ccc(OCc3ccccc3)c(OC)c2)cc1Cl. The maximum absolute atomic E-state index is 12.0. The molecule has 0 saturated heterocycles. The summed E-state index contributed by atoms with van der Waals surface area (Å²) in [6.45, 7) is 0.178. The summed E-state index contributed by atoms with van der Waals surface area (Å²) >= 11 is 6.04. The van der Waals surface area contributed by atoms with Crippen LogP contribution >= 0.6 is 11.6 Å². The van der Waals surface area contributed by atoms with Crippen molar-refractivity contribution < 1.29 is 23.8 Å². The van der Waals surface area contributed by atoms with Gasteiger partial charge in [0.05, 0.1) is 25.5 Å². The summed E-state index contributed by atoms with van der Waals surface area (Å²) in [7, 11) is 3.09. The molecule has 0 heterocycles. The largest absolute Gasteiger partial charge is 0.495 e. The van der Waals surface area contributed by atoms with Crippen molar-refractivity contribution in [2.24, 2.45) is 5.16 Å². The third-order valence-corrected chi connectivity index (χ3v) is 4.63. The lowest BCUT2D eigenvalue weighted by Crippen LogP contribution is -2.16. The zero-order valence-electron chi connectivity index (χ0n) is 17.7. The third-order valence-electron chi connectivity index (χ3n) is 4.33. The molecule has 1 amide bonds. The number of oxime groups is 1. The summed E-state index contributed by atoms with van der Waals surface area (Å²) in [5.74, 6) is 1.34. The van der Waals surface area contributed by atoms with Crippen molar-refractivity contribution >= 4 is 29.4 Å². The van der Waals surface area contributed by atoms with Crippen molar-refractivity contribution in [3.8, 4) is 17.2 Å². The zero-order valence-corrected chi connectivity index (χ0v) is 18.5. The first-order valence-electron chi connectivity index (χ1n) is 9.72. The lowest BCUT2D eigenvalue weighted by Gasteiger charge is -2.11. The Hall–Kier alpha value is -3.71. The van der Waals surface area contributed by atoms with E-state index < -0.39 is 0 Å². The molecule has 0 aliphatic carbocycles. The van der Waals surface area contributed by atoms with E-state index in [1.807, 2.05) is 36.4 Å². The van der Waals surface area contributed by atoms with E-state index in [0.29, 0.717) is 34.6 Å². The van der Waals surface area contributed by atoms with Gasteiger partial charge in [0.1, 0.15) is 12.4 Å². The zero-order chi connectivity index (χ0) is 22.8. The molecule has 3 aromatic carbocycles. The normalized spacial score (nSPS) is 10.6. The number of amides is 1. The molecule has 0 unspecified atom stereocenters. The van der Waals surface area contributed by atoms with E-state index in [0.717, 1.165) is 11.1 Å². The predicted molar refractivity (Wildman–Crippen MR) is 124 cm³/mol. The number of hydrogen-bond acceptors (Lipinski definition) is 6. The fourth-order valence-corrected chi connectivity index (χ4v) is 3.01. The van der Waals surface area contributed by atoms with Gasteiger partial charge in [-0.05, 0) is 42.0 Å². The van der Waals surface area contributed by atoms with E-state index in [1.54, 1.807) is 37.4 Å². The number of rotatable bonds is 10. The van der Waals surface area contributed by atoms with Gasteiger partial charge in [-0.3, -0.25) is 4.79 Å². The molecule has 1 N–H and O–H groups in total. The van der Waals surface area contributed by atoms with E-state index in [4.69, 9.17) is 30.6 Å². The molecule has 0 aliphatic rings. The van der Waals surface area contributed by atoms with Crippen LogP contribution in [0.5, 0.6) is 17.2 Å². The molecular weight excluding hydrogens is 432 g/mol. The molecule has 0 aromatic heterocycles. The van der Waals surface area contributed by atoms with Gasteiger partial charge in [0.15, 0.2) is 18.1 Å². The number of ether oxygens (including phenoxy) is 3. The number of hydrogen-bond donors (Lipinski definition) is 1. The van der Waals surface area contributed by atoms with Gasteiger partial charge in [-0.1, -0.05) is 47.1 Å². The van der Waals surface area contributed by atoms with E-state index >= 15 is 0 Å². The fraction of sp³-hybridized carbons (Fsp3) is 0.167. The Morgan fingerprint density at radius 1 is 0.969 bits per heavy atom. The number of nitrogens with one attached hydrogen (secondary N) is 1. The first-order chi connectivity index (χ1) is 15.6. The molecule has 0 fully saturated rings. The number of halogens is 1. The second-order valence-electron chi connectivity index (χ2n) is 6.59. The first kappa shape index (κ1) is 23.0. The summed E-state index contributed by atoms with van der Waals surface area (Å²) in [4.78, 5) is 17.1. The highest BCUT2D eigenvalue weighted by Crippen LogP contribution is 2.29. The van der Waals surface area contributed by atoms with Crippen LogP contribution in [0.1, 0.15) is 11.1 Å². The van der Waals surface area contributed by atoms with Gasteiger partial charge in [-0.2, -0.15) is 0 Å². The average Bonchev–Trinajstić information content (AvgIpc) is 2.81. The van der Waals surface area contributed by atoms with Crippen molar-refractivity contribution in [1.82, 2.24) is 0 Å². The second-order valence-corrected chi connectivity index (χ2v) is 7.00. The molecule has 0 aliphatic heterocycles. The molecule has 0 spiro atoms. The lowest BCUT2D eigenvalue weighted by molar-refractivity contribution is -0.120. The Morgan fingerprint density at radius 3 is 2.44 bits per heavy atom. The molecule has 8 heteroatoms. The summed E-state index contributed by atoms with van der Waals surface area (Å²) in [6, 6.07) is 20.2. The number of benzene rings is 3. The Labute approximate surface area is 191 Å². The van der Waals surface area contributed by atoms with E-state index in [1.165, 1.54) is 13.3 Å². The van der Waals surface area contributed by atoms with E-state index in [2.05, 4.69) is 10.5 Å². The van der Waals surface area contributed by atoms with Crippen molar-refractivity contribution in [3.63, 3.8) is 0 Å². The monoisotopic (exact) mass is 454 g/mol. The summed E-state index contributed by atoms with van der Waals surface area (Å²) in [5.41, 5.74) is 2.32. The van der Waals surface area contributed by atoms with Gasteiger partial charge in [-0.15, -0.1) is 0 Å². The van der Waals surface area contributed by atoms with Gasteiger partial charge in [-0.25, -0.2) is 0 Å². The maximum Gasteiger partial charge on any atom is 0.265 e. The highest BCUT2D eigenvalue weighted by atomic mass is 35.5. The van der Waals surface area contributed by atoms with Gasteiger partial charge in [0.25, 0.3) is 5.91 Å². The number of carbonyl (C=O) groups is 1. The number of methoxy groups -OCH3 is 2.